The highest BCUT2D eigenvalue weighted by molar-refractivity contribution is 5.97. The van der Waals surface area contributed by atoms with E-state index in [1.54, 1.807) is 25.3 Å². The largest absolute Gasteiger partial charge is 0.480 e. The zero-order chi connectivity index (χ0) is 30.7. The fourth-order valence-electron chi connectivity index (χ4n) is 3.86. The van der Waals surface area contributed by atoms with E-state index in [2.05, 4.69) is 89.4 Å². The SMILES string of the molecule is CCC=CCC=CCC=CCC=CCC=CCC=CCCC(=O)NCCCCC(NC(=O)c1cccnc1C)C(=O)O. The molecule has 3 N–H and O–H groups in total. The smallest absolute Gasteiger partial charge is 0.326 e. The predicted octanol–water partition coefficient (Wildman–Crippen LogP) is 7.34. The van der Waals surface area contributed by atoms with Crippen molar-refractivity contribution < 1.29 is 19.5 Å². The van der Waals surface area contributed by atoms with Crippen LogP contribution in [0.1, 0.15) is 93.6 Å². The Morgan fingerprint density at radius 1 is 0.833 bits per heavy atom. The lowest BCUT2D eigenvalue weighted by Gasteiger charge is -2.15. The number of allylic oxidation sites excluding steroid dienone is 12. The summed E-state index contributed by atoms with van der Waals surface area (Å²) >= 11 is 0. The first-order valence-corrected chi connectivity index (χ1v) is 15.1. The predicted molar refractivity (Wildman–Crippen MR) is 172 cm³/mol. The molecule has 0 aliphatic rings. The van der Waals surface area contributed by atoms with Gasteiger partial charge in [-0.15, -0.1) is 0 Å². The van der Waals surface area contributed by atoms with Gasteiger partial charge in [0.1, 0.15) is 6.04 Å². The van der Waals surface area contributed by atoms with E-state index >= 15 is 0 Å². The van der Waals surface area contributed by atoms with Crippen LogP contribution in [0.3, 0.4) is 0 Å². The van der Waals surface area contributed by atoms with Gasteiger partial charge in [-0.05, 0) is 83.3 Å². The fourth-order valence-corrected chi connectivity index (χ4v) is 3.86. The first kappa shape index (κ1) is 36.0. The van der Waals surface area contributed by atoms with E-state index < -0.39 is 17.9 Å². The Morgan fingerprint density at radius 2 is 1.38 bits per heavy atom. The second-order valence-corrected chi connectivity index (χ2v) is 9.80. The number of unbranched alkanes of at least 4 members (excludes halogenated alkanes) is 1. The second-order valence-electron chi connectivity index (χ2n) is 9.80. The molecule has 0 radical (unpaired) electrons. The summed E-state index contributed by atoms with van der Waals surface area (Å²) in [4.78, 5) is 40.0. The Labute approximate surface area is 252 Å². The number of carboxylic acids is 1. The number of hydrogen-bond donors (Lipinski definition) is 3. The van der Waals surface area contributed by atoms with Crippen molar-refractivity contribution in [1.82, 2.24) is 15.6 Å². The first-order chi connectivity index (χ1) is 20.5. The Kier molecular flexibility index (Phi) is 21.2. The standard InChI is InChI=1S/C35H49N3O4/c1-3-4-5-6-7-8-9-10-11-12-13-14-15-16-17-18-19-20-21-27-33(39)37-28-23-22-26-32(35(41)42)38-34(40)31-25-24-29-36-30(31)2/h4-5,7-8,10-11,13-14,16-17,19-20,24-25,29,32H,3,6,9,12,15,18,21-23,26-28H2,1-2H3,(H,37,39)(H,38,40)(H,41,42). The number of aliphatic carboxylic acids is 1. The number of aryl methyl sites for hydroxylation is 1. The summed E-state index contributed by atoms with van der Waals surface area (Å²) < 4.78 is 0. The van der Waals surface area contributed by atoms with E-state index in [9.17, 15) is 19.5 Å². The van der Waals surface area contributed by atoms with E-state index in [4.69, 9.17) is 0 Å². The van der Waals surface area contributed by atoms with Gasteiger partial charge in [-0.25, -0.2) is 4.79 Å². The zero-order valence-corrected chi connectivity index (χ0v) is 25.3. The van der Waals surface area contributed by atoms with Gasteiger partial charge in [0, 0.05) is 24.9 Å². The highest BCUT2D eigenvalue weighted by atomic mass is 16.4. The van der Waals surface area contributed by atoms with Gasteiger partial charge in [0.2, 0.25) is 5.91 Å². The van der Waals surface area contributed by atoms with Crippen LogP contribution in [0.5, 0.6) is 0 Å². The van der Waals surface area contributed by atoms with Gasteiger partial charge in [-0.3, -0.25) is 14.6 Å². The monoisotopic (exact) mass is 575 g/mol. The Bertz CT molecular complexity index is 1100. The van der Waals surface area contributed by atoms with Gasteiger partial charge < -0.3 is 15.7 Å². The number of pyridine rings is 1. The van der Waals surface area contributed by atoms with Crippen LogP contribution < -0.4 is 10.6 Å². The maximum Gasteiger partial charge on any atom is 0.326 e. The van der Waals surface area contributed by atoms with Crippen LogP contribution in [0.2, 0.25) is 0 Å². The summed E-state index contributed by atoms with van der Waals surface area (Å²) in [5.41, 5.74) is 0.911. The molecule has 1 unspecified atom stereocenters. The minimum absolute atomic E-state index is 0.0235. The molecule has 1 heterocycles. The van der Waals surface area contributed by atoms with E-state index in [-0.39, 0.29) is 12.3 Å². The molecule has 2 amide bonds. The number of nitrogens with one attached hydrogen (secondary N) is 2. The molecule has 0 spiro atoms. The molecule has 1 rings (SSSR count). The Hall–Kier alpha value is -4.00. The highest BCUT2D eigenvalue weighted by Crippen LogP contribution is 2.07. The summed E-state index contributed by atoms with van der Waals surface area (Å²) in [7, 11) is 0. The summed E-state index contributed by atoms with van der Waals surface area (Å²) in [5, 5.41) is 14.9. The molecule has 0 saturated heterocycles. The first-order valence-electron chi connectivity index (χ1n) is 15.1. The molecule has 42 heavy (non-hydrogen) atoms. The van der Waals surface area contributed by atoms with Gasteiger partial charge in [0.15, 0.2) is 0 Å². The number of carbonyl (C=O) groups is 3. The van der Waals surface area contributed by atoms with Crippen molar-refractivity contribution in [3.05, 3.63) is 102 Å². The van der Waals surface area contributed by atoms with Gasteiger partial charge in [0.25, 0.3) is 5.91 Å². The fraction of sp³-hybridized carbons (Fsp3) is 0.429. The lowest BCUT2D eigenvalue weighted by molar-refractivity contribution is -0.139. The molecule has 0 aromatic carbocycles. The quantitative estimate of drug-likeness (QED) is 0.0990. The lowest BCUT2D eigenvalue weighted by atomic mass is 10.1. The molecule has 0 aliphatic heterocycles. The summed E-state index contributed by atoms with van der Waals surface area (Å²) in [6.07, 6.45) is 35.8. The molecular formula is C35H49N3O4. The molecule has 228 valence electrons. The normalized spacial score (nSPS) is 12.9. The molecule has 0 bridgehead atoms. The third-order valence-corrected chi connectivity index (χ3v) is 6.23. The van der Waals surface area contributed by atoms with Crippen molar-refractivity contribution in [3.8, 4) is 0 Å². The lowest BCUT2D eigenvalue weighted by Crippen LogP contribution is -2.41. The van der Waals surface area contributed by atoms with Crippen LogP contribution in [0, 0.1) is 6.92 Å². The molecule has 0 saturated carbocycles. The second kappa shape index (κ2) is 24.8. The highest BCUT2D eigenvalue weighted by Gasteiger charge is 2.21. The van der Waals surface area contributed by atoms with Gasteiger partial charge in [0.05, 0.1) is 5.56 Å². The van der Waals surface area contributed by atoms with E-state index in [1.165, 1.54) is 0 Å². The van der Waals surface area contributed by atoms with Crippen molar-refractivity contribution in [2.75, 3.05) is 6.54 Å². The number of carboxylic acid groups (broad SMARTS) is 1. The molecule has 1 atom stereocenters. The van der Waals surface area contributed by atoms with Crippen molar-refractivity contribution in [3.63, 3.8) is 0 Å². The minimum atomic E-state index is -1.08. The van der Waals surface area contributed by atoms with Crippen LogP contribution in [-0.2, 0) is 9.59 Å². The van der Waals surface area contributed by atoms with Crippen LogP contribution in [0.25, 0.3) is 0 Å². The minimum Gasteiger partial charge on any atom is -0.480 e. The summed E-state index contributed by atoms with van der Waals surface area (Å²) in [6, 6.07) is 2.27. The van der Waals surface area contributed by atoms with E-state index in [0.29, 0.717) is 43.5 Å². The van der Waals surface area contributed by atoms with Gasteiger partial charge in [-0.2, -0.15) is 0 Å². The average molecular weight is 576 g/mol. The van der Waals surface area contributed by atoms with Crippen molar-refractivity contribution in [2.45, 2.75) is 90.5 Å². The third kappa shape index (κ3) is 19.1. The molecular weight excluding hydrogens is 526 g/mol. The molecule has 0 aliphatic carbocycles. The molecule has 1 aromatic heterocycles. The van der Waals surface area contributed by atoms with Crippen LogP contribution in [0.4, 0.5) is 0 Å². The van der Waals surface area contributed by atoms with E-state index in [1.807, 2.05) is 6.08 Å². The molecule has 1 aromatic rings. The van der Waals surface area contributed by atoms with Gasteiger partial charge in [-0.1, -0.05) is 79.8 Å². The average Bonchev–Trinajstić information content (AvgIpc) is 2.97. The number of rotatable bonds is 22. The van der Waals surface area contributed by atoms with Crippen LogP contribution in [-0.4, -0.2) is 40.5 Å². The Morgan fingerprint density at radius 3 is 1.90 bits per heavy atom. The van der Waals surface area contributed by atoms with Crippen LogP contribution in [0.15, 0.2) is 91.2 Å². The third-order valence-electron chi connectivity index (χ3n) is 6.23. The van der Waals surface area contributed by atoms with Crippen molar-refractivity contribution >= 4 is 17.8 Å². The van der Waals surface area contributed by atoms with Gasteiger partial charge >= 0.3 is 5.97 Å². The topological polar surface area (TPSA) is 108 Å². The van der Waals surface area contributed by atoms with Crippen LogP contribution >= 0.6 is 0 Å². The number of amides is 2. The number of aromatic nitrogens is 1. The zero-order valence-electron chi connectivity index (χ0n) is 25.3. The summed E-state index contributed by atoms with van der Waals surface area (Å²) in [5.74, 6) is -1.55. The number of nitrogens with zero attached hydrogens (tertiary/aromatic N) is 1. The van der Waals surface area contributed by atoms with Crippen molar-refractivity contribution in [1.29, 1.82) is 0 Å². The summed E-state index contributed by atoms with van der Waals surface area (Å²) in [6.45, 7) is 4.32. The Balaban J connectivity index is 2.07. The molecule has 7 heteroatoms. The van der Waals surface area contributed by atoms with E-state index in [0.717, 1.165) is 38.5 Å². The van der Waals surface area contributed by atoms with Crippen molar-refractivity contribution in [2.24, 2.45) is 0 Å². The molecule has 7 nitrogen and oxygen atoms in total. The maximum atomic E-state index is 12.4. The maximum absolute atomic E-state index is 12.4. The number of carbonyl (C=O) groups excluding carboxylic acids is 2. The molecule has 0 fully saturated rings. The number of hydrogen-bond acceptors (Lipinski definition) is 4.